The van der Waals surface area contributed by atoms with Crippen LogP contribution in [0.5, 0.6) is 0 Å². The van der Waals surface area contributed by atoms with Crippen molar-refractivity contribution in [2.24, 2.45) is 5.73 Å². The zero-order valence-corrected chi connectivity index (χ0v) is 14.4. The van der Waals surface area contributed by atoms with Gasteiger partial charge < -0.3 is 10.5 Å². The number of nitrogens with zero attached hydrogens (tertiary/aromatic N) is 5. The number of aromatic nitrogens is 4. The van der Waals surface area contributed by atoms with E-state index in [1.165, 1.54) is 12.4 Å². The van der Waals surface area contributed by atoms with Gasteiger partial charge in [0, 0.05) is 36.3 Å². The highest BCUT2D eigenvalue weighted by molar-refractivity contribution is 5.50. The van der Waals surface area contributed by atoms with Gasteiger partial charge in [0.05, 0.1) is 12.3 Å². The van der Waals surface area contributed by atoms with E-state index in [1.54, 1.807) is 10.8 Å². The highest BCUT2D eigenvalue weighted by Crippen LogP contribution is 2.34. The summed E-state index contributed by atoms with van der Waals surface area (Å²) in [6.45, 7) is 1.78. The molecular weight excluding hydrogens is 354 g/mol. The van der Waals surface area contributed by atoms with E-state index in [4.69, 9.17) is 10.5 Å². The molecule has 2 aliphatic heterocycles. The van der Waals surface area contributed by atoms with Crippen molar-refractivity contribution in [3.63, 3.8) is 0 Å². The molecule has 1 aromatic carbocycles. The second-order valence-corrected chi connectivity index (χ2v) is 7.08. The predicted molar refractivity (Wildman–Crippen MR) is 91.5 cm³/mol. The van der Waals surface area contributed by atoms with Gasteiger partial charge in [0.25, 0.3) is 0 Å². The third-order valence-corrected chi connectivity index (χ3v) is 5.38. The van der Waals surface area contributed by atoms with E-state index in [-0.39, 0.29) is 11.6 Å². The summed E-state index contributed by atoms with van der Waals surface area (Å²) >= 11 is 0. The van der Waals surface area contributed by atoms with Crippen molar-refractivity contribution in [1.29, 1.82) is 0 Å². The first-order chi connectivity index (χ1) is 13.1. The second kappa shape index (κ2) is 6.29. The summed E-state index contributed by atoms with van der Waals surface area (Å²) in [5.41, 5.74) is 9.33. The molecule has 0 radical (unpaired) electrons. The lowest BCUT2D eigenvalue weighted by atomic mass is 9.93. The highest BCUT2D eigenvalue weighted by atomic mass is 19.1. The maximum atomic E-state index is 14.1. The summed E-state index contributed by atoms with van der Waals surface area (Å²) in [6, 6.07) is 3.04. The number of hydrogen-bond donors (Lipinski definition) is 1. The number of fused-ring (bicyclic) bond motifs is 3. The van der Waals surface area contributed by atoms with Gasteiger partial charge in [0.2, 0.25) is 0 Å². The lowest BCUT2D eigenvalue weighted by molar-refractivity contribution is -0.0532. The maximum Gasteiger partial charge on any atom is 0.163 e. The molecule has 5 rings (SSSR count). The molecule has 1 saturated heterocycles. The molecule has 3 atom stereocenters. The van der Waals surface area contributed by atoms with Crippen molar-refractivity contribution >= 4 is 5.65 Å². The molecule has 2 N–H and O–H groups in total. The van der Waals surface area contributed by atoms with E-state index in [1.807, 2.05) is 0 Å². The fraction of sp³-hybridized carbons (Fsp3) is 0.389. The Kier molecular flexibility index (Phi) is 3.88. The van der Waals surface area contributed by atoms with E-state index in [2.05, 4.69) is 20.0 Å². The summed E-state index contributed by atoms with van der Waals surface area (Å²) in [7, 11) is 0. The lowest BCUT2D eigenvalue weighted by Gasteiger charge is -2.38. The van der Waals surface area contributed by atoms with E-state index in [0.29, 0.717) is 26.1 Å². The monoisotopic (exact) mass is 372 g/mol. The summed E-state index contributed by atoms with van der Waals surface area (Å²) in [5.74, 6) is -0.992. The van der Waals surface area contributed by atoms with Crippen LogP contribution >= 0.6 is 0 Å². The Morgan fingerprint density at radius 1 is 1.22 bits per heavy atom. The van der Waals surface area contributed by atoms with Crippen LogP contribution in [0.2, 0.25) is 0 Å². The van der Waals surface area contributed by atoms with Gasteiger partial charge in [0.15, 0.2) is 5.65 Å². The Hall–Kier alpha value is -2.49. The van der Waals surface area contributed by atoms with E-state index in [0.717, 1.165) is 29.0 Å². The summed E-state index contributed by atoms with van der Waals surface area (Å²) in [6.07, 6.45) is 3.14. The van der Waals surface area contributed by atoms with Crippen LogP contribution in [0.15, 0.2) is 30.9 Å². The van der Waals surface area contributed by atoms with Crippen molar-refractivity contribution in [1.82, 2.24) is 24.5 Å². The molecule has 7 nitrogen and oxygen atoms in total. The molecular formula is C18H18F2N6O. The minimum atomic E-state index is -0.645. The molecule has 9 heteroatoms. The highest BCUT2D eigenvalue weighted by Gasteiger charge is 2.37. The Morgan fingerprint density at radius 2 is 2.11 bits per heavy atom. The molecule has 2 aliphatic rings. The molecule has 0 amide bonds. The Morgan fingerprint density at radius 3 is 2.96 bits per heavy atom. The van der Waals surface area contributed by atoms with Gasteiger partial charge in [-0.3, -0.25) is 4.90 Å². The van der Waals surface area contributed by atoms with Crippen molar-refractivity contribution in [3.05, 3.63) is 59.3 Å². The molecule has 4 heterocycles. The first-order valence-corrected chi connectivity index (χ1v) is 8.82. The van der Waals surface area contributed by atoms with Gasteiger partial charge in [-0.25, -0.2) is 23.3 Å². The number of ether oxygens (including phenoxy) is 1. The van der Waals surface area contributed by atoms with Gasteiger partial charge in [-0.15, -0.1) is 0 Å². The second-order valence-electron chi connectivity index (χ2n) is 7.08. The molecule has 0 bridgehead atoms. The molecule has 2 aromatic heterocycles. The zero-order valence-electron chi connectivity index (χ0n) is 14.4. The third kappa shape index (κ3) is 2.78. The average Bonchev–Trinajstić information content (AvgIpc) is 3.22. The quantitative estimate of drug-likeness (QED) is 0.736. The Bertz CT molecular complexity index is 1010. The fourth-order valence-corrected chi connectivity index (χ4v) is 4.05. The minimum Gasteiger partial charge on any atom is -0.370 e. The van der Waals surface area contributed by atoms with Gasteiger partial charge in [-0.05, 0) is 24.6 Å². The SMILES string of the molecule is NC1CC(N2Cc3nn4cncnc4c3C2)COC1c1cc(F)ccc1F. The number of nitrogens with two attached hydrogens (primary N) is 1. The number of halogens is 2. The van der Waals surface area contributed by atoms with Crippen molar-refractivity contribution in [3.8, 4) is 0 Å². The first-order valence-electron chi connectivity index (χ1n) is 8.82. The van der Waals surface area contributed by atoms with Crippen LogP contribution in [-0.2, 0) is 17.8 Å². The van der Waals surface area contributed by atoms with Crippen LogP contribution in [0.1, 0.15) is 29.3 Å². The molecule has 0 spiro atoms. The molecule has 3 aromatic rings. The maximum absolute atomic E-state index is 14.1. The number of hydrogen-bond acceptors (Lipinski definition) is 6. The normalized spacial score (nSPS) is 25.8. The predicted octanol–water partition coefficient (Wildman–Crippen LogP) is 1.58. The third-order valence-electron chi connectivity index (χ3n) is 5.38. The van der Waals surface area contributed by atoms with Crippen LogP contribution in [-0.4, -0.2) is 43.2 Å². The van der Waals surface area contributed by atoms with E-state index >= 15 is 0 Å². The summed E-state index contributed by atoms with van der Waals surface area (Å²) in [4.78, 5) is 10.5. The van der Waals surface area contributed by atoms with Gasteiger partial charge in [-0.2, -0.15) is 5.10 Å². The van der Waals surface area contributed by atoms with Crippen molar-refractivity contribution < 1.29 is 13.5 Å². The van der Waals surface area contributed by atoms with Crippen molar-refractivity contribution in [2.75, 3.05) is 6.61 Å². The summed E-state index contributed by atoms with van der Waals surface area (Å²) in [5, 5.41) is 4.53. The van der Waals surface area contributed by atoms with Crippen LogP contribution in [0.3, 0.4) is 0 Å². The zero-order chi connectivity index (χ0) is 18.5. The molecule has 1 fully saturated rings. The molecule has 0 aliphatic carbocycles. The number of rotatable bonds is 2. The lowest BCUT2D eigenvalue weighted by Crippen LogP contribution is -2.47. The Labute approximate surface area is 153 Å². The standard InChI is InChI=1S/C18H18F2N6O/c19-10-1-2-14(20)12(3-10)17-15(21)4-11(7-27-17)25-5-13-16(6-25)24-26-9-22-8-23-18(13)26/h1-3,8-9,11,15,17H,4-7,21H2. The Balaban J connectivity index is 1.32. The fourth-order valence-electron chi connectivity index (χ4n) is 4.05. The van der Waals surface area contributed by atoms with Crippen LogP contribution < -0.4 is 5.73 Å². The molecule has 140 valence electrons. The smallest absolute Gasteiger partial charge is 0.163 e. The van der Waals surface area contributed by atoms with Gasteiger partial charge in [-0.1, -0.05) is 0 Å². The van der Waals surface area contributed by atoms with Crippen LogP contribution in [0.25, 0.3) is 5.65 Å². The first kappa shape index (κ1) is 16.7. The molecule has 27 heavy (non-hydrogen) atoms. The van der Waals surface area contributed by atoms with E-state index in [9.17, 15) is 8.78 Å². The van der Waals surface area contributed by atoms with E-state index < -0.39 is 23.8 Å². The average molecular weight is 372 g/mol. The van der Waals surface area contributed by atoms with Gasteiger partial charge in [0.1, 0.15) is 30.4 Å². The topological polar surface area (TPSA) is 81.6 Å². The summed E-state index contributed by atoms with van der Waals surface area (Å²) < 4.78 is 35.1. The van der Waals surface area contributed by atoms with Crippen LogP contribution in [0.4, 0.5) is 8.78 Å². The molecule has 3 unspecified atom stereocenters. The van der Waals surface area contributed by atoms with Crippen LogP contribution in [0, 0.1) is 11.6 Å². The van der Waals surface area contributed by atoms with Crippen molar-refractivity contribution in [2.45, 2.75) is 37.7 Å². The van der Waals surface area contributed by atoms with Gasteiger partial charge >= 0.3 is 0 Å². The largest absolute Gasteiger partial charge is 0.370 e. The molecule has 0 saturated carbocycles. The number of benzene rings is 1. The minimum absolute atomic E-state index is 0.0870.